The molecule has 0 amide bonds. The summed E-state index contributed by atoms with van der Waals surface area (Å²) in [6, 6.07) is 0. The summed E-state index contributed by atoms with van der Waals surface area (Å²) in [5, 5.41) is 95.1. The zero-order valence-electron chi connectivity index (χ0n) is 35.7. The van der Waals surface area contributed by atoms with Crippen LogP contribution in [0.5, 0.6) is 0 Å². The van der Waals surface area contributed by atoms with Gasteiger partial charge in [-0.2, -0.15) is 0 Å². The Kier molecular flexibility index (Phi) is 18.2. The molecule has 0 bridgehead atoms. The topological polar surface area (TPSA) is 336 Å². The molecular weight excluding hydrogens is 840 g/mol. The summed E-state index contributed by atoms with van der Waals surface area (Å²) in [6.45, 7) is 5.04. The highest BCUT2D eigenvalue weighted by molar-refractivity contribution is 5.73. The minimum atomic E-state index is -1.99. The van der Waals surface area contributed by atoms with Crippen molar-refractivity contribution in [2.24, 2.45) is 23.7 Å². The molecule has 5 saturated heterocycles. The molecule has 0 aromatic heterocycles. The Hall–Kier alpha value is -1.86. The number of rotatable bonds is 17. The Labute approximate surface area is 357 Å². The first-order chi connectivity index (χ1) is 29.4. The molecule has 360 valence electrons. The van der Waals surface area contributed by atoms with E-state index in [9.17, 15) is 55.5 Å². The fraction of sp³-hybridized carbons (Fsp3) is 0.947. The summed E-state index contributed by atoms with van der Waals surface area (Å²) in [6.07, 6.45) is -30.2. The van der Waals surface area contributed by atoms with Crippen LogP contribution in [-0.4, -0.2) is 235 Å². The van der Waals surface area contributed by atoms with Crippen molar-refractivity contribution in [2.75, 3.05) is 48.3 Å². The predicted octanol–water partition coefficient (Wildman–Crippen LogP) is -4.02. The summed E-state index contributed by atoms with van der Waals surface area (Å²) in [4.78, 5) is 25.3. The van der Waals surface area contributed by atoms with Crippen LogP contribution < -0.4 is 0 Å². The standard InChI is InChI=1S/C38H64O24/c1-12-13(2)25(50-5)36(54-16(12)9-39)58-24-15(4)27(52-7)38(62-31(24)33(48)49)60-29-18(11-41)56-35(22(45)20(29)43)57-23-14(3)26(51-6)37(61-30(23)32(46)47)59-28-17(10-40)55-34(53-8)21(44)19(28)42/h12-31,34-45H,9-11H2,1-8H3,(H,46,47)(H,48,49)/t12-,13-,14-,15-,16+,17+,18+,19+,20+,21+,22+,23-,24-,25+,26+,27+,28+,29+,30+,31-,34-,35+,36+,37+,38+/m0/s1. The van der Waals surface area contributed by atoms with Gasteiger partial charge < -0.3 is 108 Å². The van der Waals surface area contributed by atoms with Crippen LogP contribution in [0.1, 0.15) is 27.7 Å². The zero-order chi connectivity index (χ0) is 45.9. The van der Waals surface area contributed by atoms with Crippen molar-refractivity contribution in [3.8, 4) is 0 Å². The number of hydrogen-bond donors (Lipinski definition) is 9. The lowest BCUT2D eigenvalue weighted by Gasteiger charge is -2.50. The normalized spacial score (nSPS) is 49.0. The quantitative estimate of drug-likeness (QED) is 0.0671. The van der Waals surface area contributed by atoms with Crippen LogP contribution in [0.15, 0.2) is 0 Å². The highest BCUT2D eigenvalue weighted by Gasteiger charge is 2.57. The van der Waals surface area contributed by atoms with Crippen molar-refractivity contribution in [2.45, 2.75) is 157 Å². The largest absolute Gasteiger partial charge is 0.479 e. The number of aliphatic carboxylic acids is 2. The summed E-state index contributed by atoms with van der Waals surface area (Å²) in [5.41, 5.74) is 0. The van der Waals surface area contributed by atoms with Gasteiger partial charge in [-0.15, -0.1) is 0 Å². The van der Waals surface area contributed by atoms with E-state index in [-0.39, 0.29) is 18.4 Å². The number of carboxylic acid groups (broad SMARTS) is 2. The van der Waals surface area contributed by atoms with E-state index in [1.807, 2.05) is 13.8 Å². The first-order valence-corrected chi connectivity index (χ1v) is 20.4. The summed E-state index contributed by atoms with van der Waals surface area (Å²) in [5.74, 6) is -5.08. The molecule has 5 heterocycles. The molecule has 25 atom stereocenters. The lowest BCUT2D eigenvalue weighted by Crippen LogP contribution is -2.67. The van der Waals surface area contributed by atoms with Gasteiger partial charge in [0.05, 0.1) is 25.9 Å². The average molecular weight is 905 g/mol. The van der Waals surface area contributed by atoms with Crippen LogP contribution in [0.25, 0.3) is 0 Å². The Morgan fingerprint density at radius 3 is 1.13 bits per heavy atom. The second-order valence-electron chi connectivity index (χ2n) is 16.3. The molecule has 5 aliphatic rings. The van der Waals surface area contributed by atoms with Crippen molar-refractivity contribution in [1.29, 1.82) is 0 Å². The number of methoxy groups -OCH3 is 4. The molecule has 0 radical (unpaired) electrons. The van der Waals surface area contributed by atoms with E-state index in [0.29, 0.717) is 0 Å². The van der Waals surface area contributed by atoms with E-state index in [4.69, 9.17) is 61.6 Å². The minimum Gasteiger partial charge on any atom is -0.479 e. The molecule has 24 heteroatoms. The SMILES string of the molecule is CO[C@H]1O[C@H](CO)[C@@H](O[C@@H]2O[C@@H](C(=O)O)[C@@H](O[C@H]3O[C@H](CO)[C@@H](O[C@@H]4O[C@H](C(=O)O)[C@@H](O[C@H]5O[C@H](CO)[C@@H](C)[C@H](C)[C@H]5OC)[C@H](C)[C@H]4OC)[C@H](O)[C@H]3O)[C@H](C)[C@H]2OC)[C@H](O)[C@H]1O. The Bertz CT molecular complexity index is 1430. The molecule has 9 N–H and O–H groups in total. The van der Waals surface area contributed by atoms with Crippen molar-refractivity contribution in [3.63, 3.8) is 0 Å². The highest BCUT2D eigenvalue weighted by Crippen LogP contribution is 2.40. The molecule has 0 unspecified atom stereocenters. The first kappa shape index (κ1) is 51.1. The fourth-order valence-corrected chi connectivity index (χ4v) is 8.95. The third-order valence-corrected chi connectivity index (χ3v) is 12.8. The van der Waals surface area contributed by atoms with Gasteiger partial charge in [-0.25, -0.2) is 9.59 Å². The van der Waals surface area contributed by atoms with Gasteiger partial charge in [0.15, 0.2) is 43.7 Å². The van der Waals surface area contributed by atoms with Crippen LogP contribution in [0.4, 0.5) is 0 Å². The molecule has 24 nitrogen and oxygen atoms in total. The van der Waals surface area contributed by atoms with Crippen LogP contribution in [0.3, 0.4) is 0 Å². The number of aliphatic hydroxyl groups excluding tert-OH is 7. The molecule has 5 rings (SSSR count). The monoisotopic (exact) mass is 904 g/mol. The van der Waals surface area contributed by atoms with Crippen LogP contribution >= 0.6 is 0 Å². The molecule has 5 aliphatic heterocycles. The Balaban J connectivity index is 1.30. The lowest BCUT2D eigenvalue weighted by atomic mass is 9.83. The summed E-state index contributed by atoms with van der Waals surface area (Å²) >= 11 is 0. The Morgan fingerprint density at radius 2 is 0.742 bits per heavy atom. The van der Waals surface area contributed by atoms with E-state index < -0.39 is 166 Å². The van der Waals surface area contributed by atoms with E-state index in [0.717, 1.165) is 0 Å². The highest BCUT2D eigenvalue weighted by atomic mass is 16.8. The minimum absolute atomic E-state index is 0.123. The third kappa shape index (κ3) is 10.2. The van der Waals surface area contributed by atoms with Crippen LogP contribution in [-0.2, 0) is 71.2 Å². The van der Waals surface area contributed by atoms with Gasteiger partial charge in [0, 0.05) is 40.3 Å². The molecule has 0 aromatic carbocycles. The molecule has 0 aromatic rings. The number of carboxylic acids is 2. The van der Waals surface area contributed by atoms with Crippen LogP contribution in [0.2, 0.25) is 0 Å². The van der Waals surface area contributed by atoms with E-state index in [2.05, 4.69) is 0 Å². The number of carbonyl (C=O) groups is 2. The summed E-state index contributed by atoms with van der Waals surface area (Å²) < 4.78 is 75.3. The van der Waals surface area contributed by atoms with Crippen molar-refractivity contribution in [1.82, 2.24) is 0 Å². The van der Waals surface area contributed by atoms with Gasteiger partial charge in [-0.1, -0.05) is 27.7 Å². The molecular formula is C38H64O24. The van der Waals surface area contributed by atoms with Gasteiger partial charge in [-0.05, 0) is 11.8 Å². The smallest absolute Gasteiger partial charge is 0.335 e. The maximum Gasteiger partial charge on any atom is 0.335 e. The predicted molar refractivity (Wildman–Crippen MR) is 199 cm³/mol. The number of aliphatic hydroxyl groups is 7. The van der Waals surface area contributed by atoms with Gasteiger partial charge in [0.1, 0.15) is 79.4 Å². The Morgan fingerprint density at radius 1 is 0.403 bits per heavy atom. The molecule has 62 heavy (non-hydrogen) atoms. The first-order valence-electron chi connectivity index (χ1n) is 20.4. The van der Waals surface area contributed by atoms with Gasteiger partial charge in [0.25, 0.3) is 0 Å². The molecule has 0 saturated carbocycles. The van der Waals surface area contributed by atoms with Gasteiger partial charge in [0.2, 0.25) is 0 Å². The number of hydrogen-bond acceptors (Lipinski definition) is 22. The second kappa shape index (κ2) is 22.1. The molecule has 5 fully saturated rings. The van der Waals surface area contributed by atoms with E-state index in [1.165, 1.54) is 35.4 Å². The van der Waals surface area contributed by atoms with Crippen molar-refractivity contribution >= 4 is 11.9 Å². The van der Waals surface area contributed by atoms with Crippen molar-refractivity contribution in [3.05, 3.63) is 0 Å². The number of ether oxygens (including phenoxy) is 13. The van der Waals surface area contributed by atoms with E-state index in [1.54, 1.807) is 6.92 Å². The molecule has 0 aliphatic carbocycles. The van der Waals surface area contributed by atoms with Gasteiger partial charge >= 0.3 is 11.9 Å². The van der Waals surface area contributed by atoms with Gasteiger partial charge in [-0.3, -0.25) is 0 Å². The zero-order valence-corrected chi connectivity index (χ0v) is 35.7. The summed E-state index contributed by atoms with van der Waals surface area (Å²) in [7, 11) is 5.23. The lowest BCUT2D eigenvalue weighted by molar-refractivity contribution is -0.383. The van der Waals surface area contributed by atoms with Crippen LogP contribution in [0, 0.1) is 23.7 Å². The van der Waals surface area contributed by atoms with Crippen molar-refractivity contribution < 1.29 is 117 Å². The average Bonchev–Trinajstić information content (AvgIpc) is 3.24. The van der Waals surface area contributed by atoms with E-state index >= 15 is 0 Å². The fourth-order valence-electron chi connectivity index (χ4n) is 8.95. The molecule has 0 spiro atoms. The maximum absolute atomic E-state index is 12.7. The third-order valence-electron chi connectivity index (χ3n) is 12.8. The second-order valence-corrected chi connectivity index (χ2v) is 16.3. The maximum atomic E-state index is 12.7.